The maximum atomic E-state index is 8.86. The summed E-state index contributed by atoms with van der Waals surface area (Å²) in [5, 5.41) is 8.86. The van der Waals surface area contributed by atoms with Crippen LogP contribution in [0.25, 0.3) is 0 Å². The van der Waals surface area contributed by atoms with E-state index in [0.717, 1.165) is 16.7 Å². The SMILES string of the molecule is CN(CC(C)(C)CN)c1ccc(C#N)c(Br)c1. The number of benzene rings is 1. The summed E-state index contributed by atoms with van der Waals surface area (Å²) in [5.41, 5.74) is 7.54. The minimum absolute atomic E-state index is 0.0785. The molecule has 0 fully saturated rings. The van der Waals surface area contributed by atoms with Crippen molar-refractivity contribution in [3.8, 4) is 6.07 Å². The summed E-state index contributed by atoms with van der Waals surface area (Å²) in [6, 6.07) is 7.88. The van der Waals surface area contributed by atoms with E-state index in [1.165, 1.54) is 0 Å². The fourth-order valence-corrected chi connectivity index (χ4v) is 2.09. The molecule has 0 aliphatic heterocycles. The highest BCUT2D eigenvalue weighted by molar-refractivity contribution is 9.10. The van der Waals surface area contributed by atoms with Gasteiger partial charge in [0, 0.05) is 23.8 Å². The number of rotatable bonds is 4. The largest absolute Gasteiger partial charge is 0.374 e. The minimum atomic E-state index is 0.0785. The van der Waals surface area contributed by atoms with Crippen LogP contribution < -0.4 is 10.6 Å². The highest BCUT2D eigenvalue weighted by Gasteiger charge is 2.18. The zero-order valence-corrected chi connectivity index (χ0v) is 12.1. The van der Waals surface area contributed by atoms with Gasteiger partial charge in [0.2, 0.25) is 0 Å². The van der Waals surface area contributed by atoms with Crippen molar-refractivity contribution in [2.24, 2.45) is 11.1 Å². The van der Waals surface area contributed by atoms with Gasteiger partial charge in [-0.1, -0.05) is 13.8 Å². The molecule has 0 bridgehead atoms. The molecule has 0 atom stereocenters. The molecule has 0 heterocycles. The van der Waals surface area contributed by atoms with Crippen LogP contribution >= 0.6 is 15.9 Å². The number of hydrogen-bond donors (Lipinski definition) is 1. The summed E-state index contributed by atoms with van der Waals surface area (Å²) >= 11 is 3.40. The second-order valence-electron chi connectivity index (χ2n) is 5.00. The van der Waals surface area contributed by atoms with Crippen molar-refractivity contribution >= 4 is 21.6 Å². The van der Waals surface area contributed by atoms with Gasteiger partial charge in [0.05, 0.1) is 5.56 Å². The average molecular weight is 296 g/mol. The first kappa shape index (κ1) is 14.0. The van der Waals surface area contributed by atoms with Gasteiger partial charge in [-0.2, -0.15) is 5.26 Å². The van der Waals surface area contributed by atoms with Crippen molar-refractivity contribution in [2.75, 3.05) is 25.0 Å². The molecular formula is C13H18BrN3. The molecule has 1 rings (SSSR count). The van der Waals surface area contributed by atoms with Crippen LogP contribution in [0.2, 0.25) is 0 Å². The number of nitrogens with zero attached hydrogens (tertiary/aromatic N) is 2. The van der Waals surface area contributed by atoms with Gasteiger partial charge >= 0.3 is 0 Å². The summed E-state index contributed by atoms with van der Waals surface area (Å²) in [5.74, 6) is 0. The van der Waals surface area contributed by atoms with Crippen molar-refractivity contribution in [2.45, 2.75) is 13.8 Å². The van der Waals surface area contributed by atoms with Crippen LogP contribution in [0.5, 0.6) is 0 Å². The minimum Gasteiger partial charge on any atom is -0.374 e. The molecule has 0 aliphatic carbocycles. The van der Waals surface area contributed by atoms with Gasteiger partial charge in [-0.3, -0.25) is 0 Å². The number of nitriles is 1. The van der Waals surface area contributed by atoms with Crippen molar-refractivity contribution in [1.29, 1.82) is 5.26 Å². The second kappa shape index (κ2) is 5.52. The molecule has 0 amide bonds. The average Bonchev–Trinajstić information content (AvgIpc) is 2.28. The van der Waals surface area contributed by atoms with Crippen LogP contribution in [0.15, 0.2) is 22.7 Å². The molecule has 1 aromatic carbocycles. The molecule has 0 saturated heterocycles. The second-order valence-corrected chi connectivity index (χ2v) is 5.85. The van der Waals surface area contributed by atoms with Crippen molar-refractivity contribution in [1.82, 2.24) is 0 Å². The van der Waals surface area contributed by atoms with Crippen LogP contribution in [-0.2, 0) is 0 Å². The molecule has 0 aromatic heterocycles. The Hall–Kier alpha value is -1.05. The molecule has 92 valence electrons. The first-order valence-electron chi connectivity index (χ1n) is 5.50. The van der Waals surface area contributed by atoms with Crippen molar-refractivity contribution in [3.05, 3.63) is 28.2 Å². The van der Waals surface area contributed by atoms with Crippen LogP contribution in [0.4, 0.5) is 5.69 Å². The summed E-state index contributed by atoms with van der Waals surface area (Å²) in [6.45, 7) is 5.81. The van der Waals surface area contributed by atoms with Gasteiger partial charge < -0.3 is 10.6 Å². The van der Waals surface area contributed by atoms with E-state index < -0.39 is 0 Å². The Kier molecular flexibility index (Phi) is 4.55. The number of halogens is 1. The quantitative estimate of drug-likeness (QED) is 0.929. The molecule has 2 N–H and O–H groups in total. The Labute approximate surface area is 111 Å². The third-order valence-corrected chi connectivity index (χ3v) is 3.39. The molecular weight excluding hydrogens is 278 g/mol. The summed E-state index contributed by atoms with van der Waals surface area (Å²) in [6.07, 6.45) is 0. The molecule has 17 heavy (non-hydrogen) atoms. The van der Waals surface area contributed by atoms with E-state index in [9.17, 15) is 0 Å². The number of hydrogen-bond acceptors (Lipinski definition) is 3. The zero-order chi connectivity index (χ0) is 13.1. The highest BCUT2D eigenvalue weighted by Crippen LogP contribution is 2.25. The molecule has 0 radical (unpaired) electrons. The Morgan fingerprint density at radius 2 is 2.12 bits per heavy atom. The lowest BCUT2D eigenvalue weighted by atomic mass is 9.93. The van der Waals surface area contributed by atoms with E-state index in [1.54, 1.807) is 0 Å². The van der Waals surface area contributed by atoms with E-state index in [4.69, 9.17) is 11.0 Å². The molecule has 0 saturated carbocycles. The number of nitrogens with two attached hydrogens (primary N) is 1. The normalized spacial score (nSPS) is 11.1. The zero-order valence-electron chi connectivity index (χ0n) is 10.5. The molecule has 0 unspecified atom stereocenters. The molecule has 1 aromatic rings. The predicted octanol–water partition coefficient (Wildman–Crippen LogP) is 2.74. The van der Waals surface area contributed by atoms with Gasteiger partial charge in [-0.05, 0) is 46.1 Å². The van der Waals surface area contributed by atoms with Gasteiger partial charge in [0.1, 0.15) is 6.07 Å². The third-order valence-electron chi connectivity index (χ3n) is 2.73. The first-order valence-corrected chi connectivity index (χ1v) is 6.30. The Morgan fingerprint density at radius 3 is 2.59 bits per heavy atom. The highest BCUT2D eigenvalue weighted by atomic mass is 79.9. The maximum absolute atomic E-state index is 8.86. The van der Waals surface area contributed by atoms with Gasteiger partial charge in [-0.15, -0.1) is 0 Å². The van der Waals surface area contributed by atoms with Gasteiger partial charge in [-0.25, -0.2) is 0 Å². The Balaban J connectivity index is 2.87. The Morgan fingerprint density at radius 1 is 1.47 bits per heavy atom. The third kappa shape index (κ3) is 3.72. The van der Waals surface area contributed by atoms with Crippen LogP contribution in [0.3, 0.4) is 0 Å². The summed E-state index contributed by atoms with van der Waals surface area (Å²) in [4.78, 5) is 2.15. The van der Waals surface area contributed by atoms with Crippen molar-refractivity contribution in [3.63, 3.8) is 0 Å². The van der Waals surface area contributed by atoms with Crippen LogP contribution in [0, 0.1) is 16.7 Å². The molecule has 0 spiro atoms. The van der Waals surface area contributed by atoms with E-state index in [-0.39, 0.29) is 5.41 Å². The molecule has 0 aliphatic rings. The number of anilines is 1. The lowest BCUT2D eigenvalue weighted by molar-refractivity contribution is 0.385. The predicted molar refractivity (Wildman–Crippen MR) is 75.0 cm³/mol. The standard InChI is InChI=1S/C13H18BrN3/c1-13(2,8-16)9-17(3)11-5-4-10(7-15)12(14)6-11/h4-6H,8-9,16H2,1-3H3. The van der Waals surface area contributed by atoms with Crippen LogP contribution in [0.1, 0.15) is 19.4 Å². The molecule has 4 heteroatoms. The van der Waals surface area contributed by atoms with Crippen molar-refractivity contribution < 1.29 is 0 Å². The fourth-order valence-electron chi connectivity index (χ4n) is 1.63. The van der Waals surface area contributed by atoms with E-state index in [1.807, 2.05) is 25.2 Å². The lowest BCUT2D eigenvalue weighted by Gasteiger charge is -2.30. The topological polar surface area (TPSA) is 53.0 Å². The maximum Gasteiger partial charge on any atom is 0.100 e. The summed E-state index contributed by atoms with van der Waals surface area (Å²) in [7, 11) is 2.03. The first-order chi connectivity index (χ1) is 7.89. The van der Waals surface area contributed by atoms with Crippen LogP contribution in [-0.4, -0.2) is 20.1 Å². The summed E-state index contributed by atoms with van der Waals surface area (Å²) < 4.78 is 0.829. The monoisotopic (exact) mass is 295 g/mol. The smallest absolute Gasteiger partial charge is 0.100 e. The van der Waals surface area contributed by atoms with Gasteiger partial charge in [0.25, 0.3) is 0 Å². The van der Waals surface area contributed by atoms with Gasteiger partial charge in [0.15, 0.2) is 0 Å². The van der Waals surface area contributed by atoms with E-state index in [2.05, 4.69) is 40.7 Å². The lowest BCUT2D eigenvalue weighted by Crippen LogP contribution is -2.36. The fraction of sp³-hybridized carbons (Fsp3) is 0.462. The van der Waals surface area contributed by atoms with E-state index >= 15 is 0 Å². The Bertz CT molecular complexity index is 435. The van der Waals surface area contributed by atoms with E-state index in [0.29, 0.717) is 12.1 Å². The molecule has 3 nitrogen and oxygen atoms in total.